The molecule has 0 spiro atoms. The van der Waals surface area contributed by atoms with Crippen LogP contribution in [0.2, 0.25) is 0 Å². The van der Waals surface area contributed by atoms with Crippen molar-refractivity contribution in [3.8, 4) is 0 Å². The molecule has 1 aliphatic carbocycles. The molecule has 4 nitrogen and oxygen atoms in total. The molecule has 0 amide bonds. The summed E-state index contributed by atoms with van der Waals surface area (Å²) < 4.78 is 30.2. The highest BCUT2D eigenvalue weighted by Crippen LogP contribution is 2.37. The lowest BCUT2D eigenvalue weighted by Gasteiger charge is -2.13. The van der Waals surface area contributed by atoms with E-state index in [0.717, 1.165) is 12.8 Å². The number of ether oxygens (including phenoxy) is 1. The van der Waals surface area contributed by atoms with Crippen LogP contribution in [-0.2, 0) is 14.8 Å². The van der Waals surface area contributed by atoms with Crippen molar-refractivity contribution in [2.24, 2.45) is 0 Å². The molecule has 0 aromatic carbocycles. The van der Waals surface area contributed by atoms with Crippen LogP contribution in [-0.4, -0.2) is 38.8 Å². The molecule has 0 saturated heterocycles. The summed E-state index contributed by atoms with van der Waals surface area (Å²) in [4.78, 5) is 0. The number of rotatable bonds is 6. The summed E-state index contributed by atoms with van der Waals surface area (Å²) in [7, 11) is -1.66. The summed E-state index contributed by atoms with van der Waals surface area (Å²) in [5, 5.41) is 0.687. The van der Waals surface area contributed by atoms with Gasteiger partial charge in [0.2, 0.25) is 10.0 Å². The molecule has 0 atom stereocenters. The predicted octanol–water partition coefficient (Wildman–Crippen LogP) is 0.480. The number of halogens is 1. The minimum Gasteiger partial charge on any atom is -0.384 e. The van der Waals surface area contributed by atoms with Crippen molar-refractivity contribution < 1.29 is 13.2 Å². The molecule has 1 rings (SSSR count). The number of hydrogen-bond acceptors (Lipinski definition) is 3. The van der Waals surface area contributed by atoms with Gasteiger partial charge in [0.1, 0.15) is 0 Å². The van der Waals surface area contributed by atoms with Crippen molar-refractivity contribution in [2.75, 3.05) is 24.8 Å². The number of alkyl halides is 1. The van der Waals surface area contributed by atoms with Gasteiger partial charge in [-0.3, -0.25) is 0 Å². The minimum atomic E-state index is -3.16. The third-order valence-electron chi connectivity index (χ3n) is 2.04. The van der Waals surface area contributed by atoms with Crippen molar-refractivity contribution in [3.05, 3.63) is 0 Å². The van der Waals surface area contributed by atoms with E-state index in [0.29, 0.717) is 5.33 Å². The van der Waals surface area contributed by atoms with Crippen molar-refractivity contribution in [2.45, 2.75) is 18.4 Å². The number of nitrogens with one attached hydrogen (secondary N) is 1. The molecule has 0 heterocycles. The molecule has 6 heteroatoms. The van der Waals surface area contributed by atoms with Gasteiger partial charge in [-0.15, -0.1) is 0 Å². The molecular formula is C7H14BrNO3S. The fourth-order valence-electron chi connectivity index (χ4n) is 0.988. The van der Waals surface area contributed by atoms with Gasteiger partial charge in [0.15, 0.2) is 0 Å². The highest BCUT2D eigenvalue weighted by Gasteiger charge is 2.44. The van der Waals surface area contributed by atoms with Gasteiger partial charge in [-0.25, -0.2) is 13.1 Å². The maximum Gasteiger partial charge on any atom is 0.214 e. The summed E-state index contributed by atoms with van der Waals surface area (Å²) in [6.07, 6.45) is 1.84. The molecule has 0 aromatic rings. The van der Waals surface area contributed by atoms with Gasteiger partial charge in [-0.1, -0.05) is 15.9 Å². The number of hydrogen-bond donors (Lipinski definition) is 1. The standard InChI is InChI=1S/C7H14BrNO3S/c1-12-4-5-13(10,11)9-7(6-8)2-3-7/h9H,2-6H2,1H3. The van der Waals surface area contributed by atoms with E-state index >= 15 is 0 Å². The van der Waals surface area contributed by atoms with E-state index < -0.39 is 10.0 Å². The summed E-state index contributed by atoms with van der Waals surface area (Å²) in [6, 6.07) is 0. The Morgan fingerprint density at radius 2 is 2.15 bits per heavy atom. The van der Waals surface area contributed by atoms with Gasteiger partial charge >= 0.3 is 0 Å². The molecule has 0 radical (unpaired) electrons. The SMILES string of the molecule is COCCS(=O)(=O)NC1(CBr)CC1. The molecule has 78 valence electrons. The Bertz CT molecular complexity index is 261. The van der Waals surface area contributed by atoms with Gasteiger partial charge in [0.05, 0.1) is 12.4 Å². The zero-order valence-electron chi connectivity index (χ0n) is 7.55. The van der Waals surface area contributed by atoms with E-state index in [4.69, 9.17) is 4.74 Å². The second kappa shape index (κ2) is 4.25. The zero-order valence-corrected chi connectivity index (χ0v) is 9.95. The lowest BCUT2D eigenvalue weighted by atomic mass is 10.4. The largest absolute Gasteiger partial charge is 0.384 e. The smallest absolute Gasteiger partial charge is 0.214 e. The molecule has 1 aliphatic rings. The Labute approximate surface area is 87.2 Å². The van der Waals surface area contributed by atoms with Crippen molar-refractivity contribution >= 4 is 26.0 Å². The first-order valence-electron chi connectivity index (χ1n) is 4.10. The molecule has 13 heavy (non-hydrogen) atoms. The number of sulfonamides is 1. The average molecular weight is 272 g/mol. The third kappa shape index (κ3) is 3.53. The van der Waals surface area contributed by atoms with Crippen LogP contribution in [0, 0.1) is 0 Å². The molecular weight excluding hydrogens is 258 g/mol. The van der Waals surface area contributed by atoms with Crippen LogP contribution < -0.4 is 4.72 Å². The highest BCUT2D eigenvalue weighted by molar-refractivity contribution is 9.09. The average Bonchev–Trinajstić information content (AvgIpc) is 2.81. The lowest BCUT2D eigenvalue weighted by Crippen LogP contribution is -2.40. The van der Waals surface area contributed by atoms with Crippen LogP contribution in [0.15, 0.2) is 0 Å². The fourth-order valence-corrected chi connectivity index (χ4v) is 3.30. The van der Waals surface area contributed by atoms with E-state index in [1.54, 1.807) is 0 Å². The van der Waals surface area contributed by atoms with Crippen LogP contribution in [0.4, 0.5) is 0 Å². The molecule has 1 N–H and O–H groups in total. The topological polar surface area (TPSA) is 55.4 Å². The van der Waals surface area contributed by atoms with E-state index in [1.165, 1.54) is 7.11 Å². The Balaban J connectivity index is 2.43. The Morgan fingerprint density at radius 3 is 2.54 bits per heavy atom. The van der Waals surface area contributed by atoms with Crippen LogP contribution in [0.25, 0.3) is 0 Å². The summed E-state index contributed by atoms with van der Waals surface area (Å²) in [6.45, 7) is 0.244. The predicted molar refractivity (Wildman–Crippen MR) is 54.6 cm³/mol. The summed E-state index contributed by atoms with van der Waals surface area (Å²) >= 11 is 3.30. The quantitative estimate of drug-likeness (QED) is 0.715. The van der Waals surface area contributed by atoms with Crippen LogP contribution in [0.5, 0.6) is 0 Å². The molecule has 0 unspecified atom stereocenters. The first kappa shape index (κ1) is 11.4. The molecule has 0 aromatic heterocycles. The molecule has 1 fully saturated rings. The zero-order chi connectivity index (χ0) is 9.95. The van der Waals surface area contributed by atoms with Crippen molar-refractivity contribution in [1.82, 2.24) is 4.72 Å². The van der Waals surface area contributed by atoms with E-state index in [9.17, 15) is 8.42 Å². The lowest BCUT2D eigenvalue weighted by molar-refractivity contribution is 0.216. The first-order chi connectivity index (χ1) is 6.04. The molecule has 0 bridgehead atoms. The Kier molecular flexibility index (Phi) is 3.73. The van der Waals surface area contributed by atoms with Gasteiger partial charge in [0.25, 0.3) is 0 Å². The summed E-state index contributed by atoms with van der Waals surface area (Å²) in [5.74, 6) is 0.0399. The maximum absolute atomic E-state index is 11.4. The fraction of sp³-hybridized carbons (Fsp3) is 1.00. The normalized spacial score (nSPS) is 20.2. The van der Waals surface area contributed by atoms with Crippen LogP contribution >= 0.6 is 15.9 Å². The van der Waals surface area contributed by atoms with Crippen molar-refractivity contribution in [1.29, 1.82) is 0 Å². The molecule has 0 aliphatic heterocycles. The Hall–Kier alpha value is 0.350. The maximum atomic E-state index is 11.4. The molecule has 1 saturated carbocycles. The van der Waals surface area contributed by atoms with Gasteiger partial charge < -0.3 is 4.74 Å². The van der Waals surface area contributed by atoms with E-state index in [-0.39, 0.29) is 17.9 Å². The third-order valence-corrected chi connectivity index (χ3v) is 4.56. The highest BCUT2D eigenvalue weighted by atomic mass is 79.9. The minimum absolute atomic E-state index is 0.0399. The van der Waals surface area contributed by atoms with Crippen LogP contribution in [0.1, 0.15) is 12.8 Å². The summed E-state index contributed by atoms with van der Waals surface area (Å²) in [5.41, 5.74) is -0.202. The van der Waals surface area contributed by atoms with E-state index in [1.807, 2.05) is 0 Å². The van der Waals surface area contributed by atoms with Gasteiger partial charge in [-0.05, 0) is 12.8 Å². The number of methoxy groups -OCH3 is 1. The van der Waals surface area contributed by atoms with Gasteiger partial charge in [-0.2, -0.15) is 0 Å². The van der Waals surface area contributed by atoms with E-state index in [2.05, 4.69) is 20.7 Å². The van der Waals surface area contributed by atoms with Crippen LogP contribution in [0.3, 0.4) is 0 Å². The first-order valence-corrected chi connectivity index (χ1v) is 6.87. The second-order valence-electron chi connectivity index (χ2n) is 3.33. The van der Waals surface area contributed by atoms with Gasteiger partial charge in [0, 0.05) is 18.0 Å². The monoisotopic (exact) mass is 271 g/mol. The second-order valence-corrected chi connectivity index (χ2v) is 5.73. The Morgan fingerprint density at radius 1 is 1.54 bits per heavy atom. The van der Waals surface area contributed by atoms with Crippen molar-refractivity contribution in [3.63, 3.8) is 0 Å².